The molecule has 1 aliphatic carbocycles. The first-order chi connectivity index (χ1) is 12.1. The smallest absolute Gasteiger partial charge is 0.187 e. The van der Waals surface area contributed by atoms with E-state index in [-0.39, 0.29) is 0 Å². The molecule has 2 rings (SSSR count). The van der Waals surface area contributed by atoms with Gasteiger partial charge in [-0.25, -0.2) is 0 Å². The molecular weight excluding hydrogens is 332 g/mol. The molecule has 0 aromatic carbocycles. The van der Waals surface area contributed by atoms with Crippen LogP contribution in [0, 0.1) is 5.92 Å². The average molecular weight is 369 g/mol. The average Bonchev–Trinajstić information content (AvgIpc) is 2.58. The summed E-state index contributed by atoms with van der Waals surface area (Å²) < 4.78 is 12.0. The van der Waals surface area contributed by atoms with Gasteiger partial charge in [0.05, 0.1) is 11.7 Å². The molecular formula is C21H36O5. The molecule has 1 aliphatic heterocycles. The lowest BCUT2D eigenvalue weighted by molar-refractivity contribution is -0.325. The zero-order chi connectivity index (χ0) is 19.5. The second-order valence-corrected chi connectivity index (χ2v) is 8.45. The van der Waals surface area contributed by atoms with E-state index < -0.39 is 36.3 Å². The number of hydrogen-bond acceptors (Lipinski definition) is 5. The van der Waals surface area contributed by atoms with Crippen LogP contribution in [0.4, 0.5) is 0 Å². The van der Waals surface area contributed by atoms with Gasteiger partial charge in [-0.1, -0.05) is 23.3 Å². The summed E-state index contributed by atoms with van der Waals surface area (Å²) in [7, 11) is 0. The van der Waals surface area contributed by atoms with E-state index in [0.717, 1.165) is 32.1 Å². The third kappa shape index (κ3) is 5.17. The molecule has 1 heterocycles. The second-order valence-electron chi connectivity index (χ2n) is 8.45. The summed E-state index contributed by atoms with van der Waals surface area (Å²) in [5.74, 6) is 0.326. The monoisotopic (exact) mass is 368 g/mol. The lowest BCUT2D eigenvalue weighted by atomic mass is 9.76. The van der Waals surface area contributed by atoms with E-state index >= 15 is 0 Å². The van der Waals surface area contributed by atoms with Crippen LogP contribution in [0.3, 0.4) is 0 Å². The van der Waals surface area contributed by atoms with E-state index in [2.05, 4.69) is 39.8 Å². The van der Waals surface area contributed by atoms with Gasteiger partial charge >= 0.3 is 0 Å². The number of allylic oxidation sites excluding steroid dienone is 4. The van der Waals surface area contributed by atoms with E-state index in [9.17, 15) is 15.3 Å². The quantitative estimate of drug-likeness (QED) is 0.628. The predicted octanol–water partition coefficient (Wildman–Crippen LogP) is 3.08. The van der Waals surface area contributed by atoms with Crippen molar-refractivity contribution in [3.05, 3.63) is 23.3 Å². The number of ether oxygens (including phenoxy) is 2. The fraction of sp³-hybridized carbons (Fsp3) is 0.810. The van der Waals surface area contributed by atoms with Crippen LogP contribution in [0.1, 0.15) is 66.7 Å². The van der Waals surface area contributed by atoms with Crippen LogP contribution < -0.4 is 0 Å². The molecule has 0 aromatic rings. The van der Waals surface area contributed by atoms with Crippen molar-refractivity contribution in [3.63, 3.8) is 0 Å². The van der Waals surface area contributed by atoms with E-state index in [1.807, 2.05) is 0 Å². The van der Waals surface area contributed by atoms with Gasteiger partial charge in [0.1, 0.15) is 18.3 Å². The Kier molecular flexibility index (Phi) is 7.45. The Morgan fingerprint density at radius 2 is 1.96 bits per heavy atom. The number of rotatable bonds is 6. The van der Waals surface area contributed by atoms with Crippen molar-refractivity contribution < 1.29 is 24.8 Å². The summed E-state index contributed by atoms with van der Waals surface area (Å²) in [6.07, 6.45) is 4.06. The molecule has 0 spiro atoms. The Hall–Kier alpha value is -0.720. The van der Waals surface area contributed by atoms with E-state index in [1.165, 1.54) is 11.1 Å². The third-order valence-corrected chi connectivity index (χ3v) is 5.89. The zero-order valence-corrected chi connectivity index (χ0v) is 16.8. The summed E-state index contributed by atoms with van der Waals surface area (Å²) in [6, 6.07) is 0. The molecule has 0 radical (unpaired) electrons. The SMILES string of the molecule is CC(C)=CCCC(C)(O[C@H]1O[C@H](C)[C@H](O)[C@H](O)[C@H]1O)C1CC=C(C)CC1. The Labute approximate surface area is 157 Å². The summed E-state index contributed by atoms with van der Waals surface area (Å²) in [4.78, 5) is 0. The van der Waals surface area contributed by atoms with E-state index in [0.29, 0.717) is 5.92 Å². The minimum atomic E-state index is -1.26. The minimum Gasteiger partial charge on any atom is -0.388 e. The molecule has 150 valence electrons. The highest BCUT2D eigenvalue weighted by atomic mass is 16.7. The van der Waals surface area contributed by atoms with Gasteiger partial charge in [0.2, 0.25) is 0 Å². The van der Waals surface area contributed by atoms with Gasteiger partial charge in [-0.05, 0) is 72.6 Å². The predicted molar refractivity (Wildman–Crippen MR) is 102 cm³/mol. The summed E-state index contributed by atoms with van der Waals surface area (Å²) >= 11 is 0. The Morgan fingerprint density at radius 3 is 2.54 bits per heavy atom. The van der Waals surface area contributed by atoms with Crippen molar-refractivity contribution in [1.29, 1.82) is 0 Å². The lowest BCUT2D eigenvalue weighted by Crippen LogP contribution is -2.59. The fourth-order valence-corrected chi connectivity index (χ4v) is 3.90. The van der Waals surface area contributed by atoms with Crippen molar-refractivity contribution in [2.24, 2.45) is 5.92 Å². The third-order valence-electron chi connectivity index (χ3n) is 5.89. The lowest BCUT2D eigenvalue weighted by Gasteiger charge is -2.46. The van der Waals surface area contributed by atoms with Gasteiger partial charge in [0, 0.05) is 0 Å². The van der Waals surface area contributed by atoms with Crippen LogP contribution >= 0.6 is 0 Å². The molecule has 0 bridgehead atoms. The van der Waals surface area contributed by atoms with Crippen LogP contribution in [0.2, 0.25) is 0 Å². The summed E-state index contributed by atoms with van der Waals surface area (Å²) in [5.41, 5.74) is 2.21. The highest BCUT2D eigenvalue weighted by Gasteiger charge is 2.46. The summed E-state index contributed by atoms with van der Waals surface area (Å²) in [6.45, 7) is 10.1. The van der Waals surface area contributed by atoms with Gasteiger partial charge in [-0.2, -0.15) is 0 Å². The normalized spacial score (nSPS) is 37.6. The molecule has 3 N–H and O–H groups in total. The molecule has 5 heteroatoms. The molecule has 0 amide bonds. The Morgan fingerprint density at radius 1 is 1.27 bits per heavy atom. The zero-order valence-electron chi connectivity index (χ0n) is 16.8. The highest BCUT2D eigenvalue weighted by molar-refractivity contribution is 5.07. The Balaban J connectivity index is 2.16. The second kappa shape index (κ2) is 8.98. The highest BCUT2D eigenvalue weighted by Crippen LogP contribution is 2.40. The molecule has 5 nitrogen and oxygen atoms in total. The van der Waals surface area contributed by atoms with Gasteiger partial charge < -0.3 is 24.8 Å². The van der Waals surface area contributed by atoms with Gasteiger partial charge in [0.15, 0.2) is 6.29 Å². The Bertz CT molecular complexity index is 524. The first-order valence-corrected chi connectivity index (χ1v) is 9.80. The molecule has 0 aromatic heterocycles. The molecule has 2 unspecified atom stereocenters. The van der Waals surface area contributed by atoms with Crippen LogP contribution in [-0.4, -0.2) is 51.6 Å². The first-order valence-electron chi connectivity index (χ1n) is 9.80. The molecule has 7 atom stereocenters. The number of hydrogen-bond donors (Lipinski definition) is 3. The van der Waals surface area contributed by atoms with Crippen molar-refractivity contribution in [3.8, 4) is 0 Å². The molecule has 1 fully saturated rings. The van der Waals surface area contributed by atoms with Crippen molar-refractivity contribution in [2.45, 2.75) is 103 Å². The largest absolute Gasteiger partial charge is 0.388 e. The summed E-state index contributed by atoms with van der Waals surface area (Å²) in [5, 5.41) is 30.4. The molecule has 0 saturated carbocycles. The van der Waals surface area contributed by atoms with Crippen molar-refractivity contribution in [1.82, 2.24) is 0 Å². The maximum Gasteiger partial charge on any atom is 0.187 e. The van der Waals surface area contributed by atoms with Gasteiger partial charge in [-0.3, -0.25) is 0 Å². The van der Waals surface area contributed by atoms with Crippen LogP contribution in [0.15, 0.2) is 23.3 Å². The van der Waals surface area contributed by atoms with Crippen LogP contribution in [0.5, 0.6) is 0 Å². The minimum absolute atomic E-state index is 0.326. The van der Waals surface area contributed by atoms with Gasteiger partial charge in [-0.15, -0.1) is 0 Å². The fourth-order valence-electron chi connectivity index (χ4n) is 3.90. The number of aliphatic hydroxyl groups is 3. The number of aliphatic hydroxyl groups excluding tert-OH is 3. The molecule has 26 heavy (non-hydrogen) atoms. The maximum atomic E-state index is 10.4. The first kappa shape index (κ1) is 21.6. The van der Waals surface area contributed by atoms with E-state index in [1.54, 1.807) is 6.92 Å². The van der Waals surface area contributed by atoms with Gasteiger partial charge in [0.25, 0.3) is 0 Å². The van der Waals surface area contributed by atoms with E-state index in [4.69, 9.17) is 9.47 Å². The van der Waals surface area contributed by atoms with Crippen LogP contribution in [0.25, 0.3) is 0 Å². The molecule has 2 aliphatic rings. The standard InChI is InChI=1S/C21H36O5/c1-13(2)7-6-12-21(5,16-10-8-14(3)9-11-16)26-20-19(24)18(23)17(22)15(4)25-20/h7-8,15-20,22-24H,6,9-12H2,1-5H3/t15-,16?,17+,18+,19-,20-,21?/m1/s1. The van der Waals surface area contributed by atoms with Crippen molar-refractivity contribution >= 4 is 0 Å². The van der Waals surface area contributed by atoms with Crippen molar-refractivity contribution in [2.75, 3.05) is 0 Å². The molecule has 1 saturated heterocycles. The van der Waals surface area contributed by atoms with Crippen LogP contribution in [-0.2, 0) is 9.47 Å². The maximum absolute atomic E-state index is 10.4. The topological polar surface area (TPSA) is 79.2 Å².